The van der Waals surface area contributed by atoms with Crippen molar-refractivity contribution in [3.63, 3.8) is 0 Å². The summed E-state index contributed by atoms with van der Waals surface area (Å²) in [5.74, 6) is -1.93. The van der Waals surface area contributed by atoms with Gasteiger partial charge in [-0.3, -0.25) is 29.4 Å². The molecule has 0 saturated carbocycles. The minimum Gasteiger partial charge on any atom is -0.493 e. The third kappa shape index (κ3) is 2.50. The molecule has 0 aliphatic carbocycles. The van der Waals surface area contributed by atoms with Crippen molar-refractivity contribution >= 4 is 31.5 Å². The Hall–Kier alpha value is -2.64. The number of amides is 4. The van der Waals surface area contributed by atoms with E-state index in [1.165, 1.54) is 6.07 Å². The summed E-state index contributed by atoms with van der Waals surface area (Å²) in [7, 11) is 5.39. The van der Waals surface area contributed by atoms with E-state index in [9.17, 15) is 19.2 Å². The lowest BCUT2D eigenvalue weighted by molar-refractivity contribution is -0.136. The Labute approximate surface area is 133 Å². The van der Waals surface area contributed by atoms with Gasteiger partial charge >= 0.3 is 0 Å². The number of ether oxygens (including phenoxy) is 1. The molecule has 1 aromatic rings. The molecule has 3 rings (SSSR count). The molecule has 8 heteroatoms. The van der Waals surface area contributed by atoms with Crippen molar-refractivity contribution in [2.45, 2.75) is 25.2 Å². The summed E-state index contributed by atoms with van der Waals surface area (Å²) in [6.07, 6.45) is 0.470. The fourth-order valence-corrected chi connectivity index (χ4v) is 2.77. The zero-order valence-electron chi connectivity index (χ0n) is 12.2. The molecular formula is C15H13BN2O5. The summed E-state index contributed by atoms with van der Waals surface area (Å²) in [6, 6.07) is 3.70. The molecule has 0 spiro atoms. The standard InChI is InChI=1S/C15H13BN2O5/c16-6-7-23-10-3-1-2-8-12(10)15(22)18(14(8)21)9-4-5-11(19)17-13(9)20/h1-3,9H,4-7H2,(H,17,19,20). The maximum Gasteiger partial charge on any atom is 0.266 e. The lowest BCUT2D eigenvalue weighted by Gasteiger charge is -2.27. The molecule has 0 aromatic heterocycles. The summed E-state index contributed by atoms with van der Waals surface area (Å²) >= 11 is 0. The highest BCUT2D eigenvalue weighted by molar-refractivity contribution is 6.24. The Bertz CT molecular complexity index is 718. The van der Waals surface area contributed by atoms with Crippen LogP contribution in [0.25, 0.3) is 0 Å². The quantitative estimate of drug-likeness (QED) is 0.626. The summed E-state index contributed by atoms with van der Waals surface area (Å²) in [5.41, 5.74) is 0.324. The first kappa shape index (κ1) is 15.3. The molecule has 1 atom stereocenters. The number of nitrogens with one attached hydrogen (secondary N) is 1. The van der Waals surface area contributed by atoms with Crippen LogP contribution in [-0.2, 0) is 9.59 Å². The van der Waals surface area contributed by atoms with Crippen LogP contribution < -0.4 is 10.1 Å². The molecule has 2 aliphatic rings. The van der Waals surface area contributed by atoms with Crippen LogP contribution in [0.1, 0.15) is 33.6 Å². The number of carbonyl (C=O) groups is 4. The molecule has 1 aromatic carbocycles. The van der Waals surface area contributed by atoms with Crippen LogP contribution in [0, 0.1) is 0 Å². The van der Waals surface area contributed by atoms with Crippen molar-refractivity contribution in [2.24, 2.45) is 0 Å². The van der Waals surface area contributed by atoms with E-state index >= 15 is 0 Å². The van der Waals surface area contributed by atoms with E-state index in [1.54, 1.807) is 12.1 Å². The molecule has 2 aliphatic heterocycles. The molecule has 1 N–H and O–H groups in total. The monoisotopic (exact) mass is 312 g/mol. The molecule has 23 heavy (non-hydrogen) atoms. The van der Waals surface area contributed by atoms with Gasteiger partial charge in [-0.05, 0) is 18.6 Å². The van der Waals surface area contributed by atoms with Gasteiger partial charge < -0.3 is 4.74 Å². The molecule has 1 fully saturated rings. The van der Waals surface area contributed by atoms with Gasteiger partial charge in [0.1, 0.15) is 11.8 Å². The van der Waals surface area contributed by atoms with Crippen LogP contribution in [0.2, 0.25) is 6.32 Å². The Kier molecular flexibility index (Phi) is 3.89. The average molecular weight is 312 g/mol. The topological polar surface area (TPSA) is 92.8 Å². The van der Waals surface area contributed by atoms with Crippen molar-refractivity contribution in [1.29, 1.82) is 0 Å². The van der Waals surface area contributed by atoms with Crippen LogP contribution in [0.3, 0.4) is 0 Å². The van der Waals surface area contributed by atoms with Crippen molar-refractivity contribution < 1.29 is 23.9 Å². The van der Waals surface area contributed by atoms with Gasteiger partial charge in [-0.2, -0.15) is 0 Å². The van der Waals surface area contributed by atoms with E-state index in [1.807, 2.05) is 0 Å². The first-order valence-electron chi connectivity index (χ1n) is 7.22. The van der Waals surface area contributed by atoms with Crippen LogP contribution in [0.4, 0.5) is 0 Å². The van der Waals surface area contributed by atoms with Gasteiger partial charge in [-0.25, -0.2) is 0 Å². The Morgan fingerprint density at radius 1 is 1.22 bits per heavy atom. The van der Waals surface area contributed by atoms with E-state index < -0.39 is 29.7 Å². The molecule has 4 amide bonds. The highest BCUT2D eigenvalue weighted by Gasteiger charge is 2.45. The van der Waals surface area contributed by atoms with Crippen LogP contribution >= 0.6 is 0 Å². The fourth-order valence-electron chi connectivity index (χ4n) is 2.77. The lowest BCUT2D eigenvalue weighted by Crippen LogP contribution is -2.54. The van der Waals surface area contributed by atoms with Gasteiger partial charge in [0.05, 0.1) is 25.6 Å². The van der Waals surface area contributed by atoms with E-state index in [0.717, 1.165) is 4.90 Å². The van der Waals surface area contributed by atoms with E-state index in [4.69, 9.17) is 12.6 Å². The van der Waals surface area contributed by atoms with Crippen molar-refractivity contribution in [2.75, 3.05) is 6.61 Å². The zero-order valence-corrected chi connectivity index (χ0v) is 12.2. The third-order valence-electron chi connectivity index (χ3n) is 3.81. The average Bonchev–Trinajstić information content (AvgIpc) is 2.78. The Morgan fingerprint density at radius 2 is 2.00 bits per heavy atom. The zero-order chi connectivity index (χ0) is 16.6. The van der Waals surface area contributed by atoms with Crippen molar-refractivity contribution in [3.05, 3.63) is 29.3 Å². The molecule has 0 bridgehead atoms. The number of rotatable bonds is 4. The number of hydrogen-bond acceptors (Lipinski definition) is 5. The highest BCUT2D eigenvalue weighted by Crippen LogP contribution is 2.33. The Balaban J connectivity index is 1.94. The summed E-state index contributed by atoms with van der Waals surface area (Å²) in [5, 5.41) is 2.15. The van der Waals surface area contributed by atoms with Crippen molar-refractivity contribution in [3.8, 4) is 5.75 Å². The first-order chi connectivity index (χ1) is 11.0. The van der Waals surface area contributed by atoms with Gasteiger partial charge in [0, 0.05) is 6.42 Å². The molecule has 2 radical (unpaired) electrons. The summed E-state index contributed by atoms with van der Waals surface area (Å²) in [6.45, 7) is 0.205. The Morgan fingerprint density at radius 3 is 2.70 bits per heavy atom. The molecule has 7 nitrogen and oxygen atoms in total. The van der Waals surface area contributed by atoms with Crippen LogP contribution in [0.5, 0.6) is 5.75 Å². The van der Waals surface area contributed by atoms with Gasteiger partial charge in [-0.1, -0.05) is 12.4 Å². The number of benzene rings is 1. The predicted molar refractivity (Wildman–Crippen MR) is 79.2 cm³/mol. The van der Waals surface area contributed by atoms with Crippen molar-refractivity contribution in [1.82, 2.24) is 10.2 Å². The number of hydrogen-bond donors (Lipinski definition) is 1. The number of nitrogens with zero attached hydrogens (tertiary/aromatic N) is 1. The maximum atomic E-state index is 12.6. The highest BCUT2D eigenvalue weighted by atomic mass is 16.5. The predicted octanol–water partition coefficient (Wildman–Crippen LogP) is 0.0534. The van der Waals surface area contributed by atoms with Crippen LogP contribution in [-0.4, -0.2) is 49.0 Å². The van der Waals surface area contributed by atoms with Gasteiger partial charge in [0.2, 0.25) is 11.8 Å². The smallest absolute Gasteiger partial charge is 0.266 e. The second kappa shape index (κ2) is 5.87. The number of piperidine rings is 1. The molecule has 116 valence electrons. The lowest BCUT2D eigenvalue weighted by atomic mass is 10.0. The minimum absolute atomic E-state index is 0.0837. The molecular weight excluding hydrogens is 299 g/mol. The fraction of sp³-hybridized carbons (Fsp3) is 0.333. The third-order valence-corrected chi connectivity index (χ3v) is 3.81. The van der Waals surface area contributed by atoms with E-state index in [0.29, 0.717) is 0 Å². The number of carbonyl (C=O) groups excluding carboxylic acids is 4. The molecule has 1 unspecified atom stereocenters. The SMILES string of the molecule is [B]CCOc1cccc2c1C(=O)N(C1CCC(=O)NC1=O)C2=O. The first-order valence-corrected chi connectivity index (χ1v) is 7.22. The van der Waals surface area contributed by atoms with Gasteiger partial charge in [0.15, 0.2) is 0 Å². The van der Waals surface area contributed by atoms with Gasteiger partial charge in [0.25, 0.3) is 11.8 Å². The molecule has 1 saturated heterocycles. The van der Waals surface area contributed by atoms with E-state index in [-0.39, 0.29) is 42.6 Å². The van der Waals surface area contributed by atoms with Crippen LogP contribution in [0.15, 0.2) is 18.2 Å². The number of fused-ring (bicyclic) bond motifs is 1. The largest absolute Gasteiger partial charge is 0.493 e. The van der Waals surface area contributed by atoms with E-state index in [2.05, 4.69) is 5.32 Å². The molecule has 2 heterocycles. The second-order valence-electron chi connectivity index (χ2n) is 5.26. The second-order valence-corrected chi connectivity index (χ2v) is 5.26. The number of imide groups is 2. The minimum atomic E-state index is -0.984. The maximum absolute atomic E-state index is 12.6. The normalized spacial score (nSPS) is 20.5. The van der Waals surface area contributed by atoms with Gasteiger partial charge in [-0.15, -0.1) is 0 Å². The summed E-state index contributed by atoms with van der Waals surface area (Å²) in [4.78, 5) is 49.3. The summed E-state index contributed by atoms with van der Waals surface area (Å²) < 4.78 is 5.42.